The third-order valence-electron chi connectivity index (χ3n) is 0. The summed E-state index contributed by atoms with van der Waals surface area (Å²) in [5.41, 5.74) is 0. The minimum absolute atomic E-state index is 1.06. The molecular formula is C3H8BrI. The van der Waals surface area contributed by atoms with Crippen LogP contribution in [0.5, 0.6) is 0 Å². The van der Waals surface area contributed by atoms with Crippen LogP contribution in [0.2, 0.25) is 0 Å². The van der Waals surface area contributed by atoms with Crippen LogP contribution < -0.4 is 0 Å². The minimum atomic E-state index is 1.06. The van der Waals surface area contributed by atoms with Crippen LogP contribution in [-0.2, 0) is 0 Å². The lowest BCUT2D eigenvalue weighted by atomic mass is 11.0. The Morgan fingerprint density at radius 1 is 1.60 bits per heavy atom. The molecule has 0 fully saturated rings. The molecule has 0 aromatic carbocycles. The summed E-state index contributed by atoms with van der Waals surface area (Å²) in [4.78, 5) is 1.97. The molecule has 0 aliphatic heterocycles. The second kappa shape index (κ2) is 18.9. The third kappa shape index (κ3) is 36.7. The van der Waals surface area contributed by atoms with Gasteiger partial charge in [-0.3, -0.25) is 0 Å². The summed E-state index contributed by atoms with van der Waals surface area (Å²) in [5.74, 6) is 0. The van der Waals surface area contributed by atoms with E-state index in [1.54, 1.807) is 0 Å². The van der Waals surface area contributed by atoms with Crippen LogP contribution in [0.1, 0.15) is 6.92 Å². The molecule has 2 heteroatoms. The smallest absolute Gasteiger partial charge is 0.000281 e. The maximum atomic E-state index is 3.15. The molecule has 5 heavy (non-hydrogen) atoms. The average Bonchev–Trinajstić information content (AvgIpc) is 1.46. The molecule has 0 nitrogen and oxygen atoms in total. The van der Waals surface area contributed by atoms with Crippen LogP contribution in [0.15, 0.2) is 0 Å². The predicted octanol–water partition coefficient (Wildman–Crippen LogP) is 2.45. The monoisotopic (exact) mass is 250 g/mol. The molecule has 0 heterocycles. The van der Waals surface area contributed by atoms with Gasteiger partial charge in [-0.25, -0.2) is 0 Å². The fourth-order valence-corrected chi connectivity index (χ4v) is 0. The van der Waals surface area contributed by atoms with Crippen LogP contribution in [0.4, 0.5) is 0 Å². The molecule has 0 spiro atoms. The van der Waals surface area contributed by atoms with Crippen molar-refractivity contribution in [3.05, 3.63) is 0 Å². The van der Waals surface area contributed by atoms with Gasteiger partial charge in [-0.2, -0.15) is 0 Å². The molecule has 0 aliphatic rings. The lowest BCUT2D eigenvalue weighted by molar-refractivity contribution is 1.56. The Bertz CT molecular complexity index is 6.85. The number of alkyl halides is 2. The first-order valence-electron chi connectivity index (χ1n) is 1.35. The van der Waals surface area contributed by atoms with Crippen molar-refractivity contribution in [2.24, 2.45) is 0 Å². The van der Waals surface area contributed by atoms with Gasteiger partial charge in [0.1, 0.15) is 0 Å². The molecule has 0 rings (SSSR count). The van der Waals surface area contributed by atoms with Gasteiger partial charge in [-0.1, -0.05) is 45.4 Å². The zero-order valence-electron chi connectivity index (χ0n) is 3.46. The summed E-state index contributed by atoms with van der Waals surface area (Å²) >= 11 is 5.30. The summed E-state index contributed by atoms with van der Waals surface area (Å²) in [7, 11) is 0. The molecule has 0 aromatic rings. The highest BCUT2D eigenvalue weighted by Crippen LogP contribution is 1.67. The van der Waals surface area contributed by atoms with E-state index in [1.165, 1.54) is 0 Å². The highest BCUT2D eigenvalue weighted by Gasteiger charge is 1.38. The average molecular weight is 251 g/mol. The molecule has 0 bridgehead atoms. The van der Waals surface area contributed by atoms with Gasteiger partial charge in [0.2, 0.25) is 0 Å². The van der Waals surface area contributed by atoms with Crippen LogP contribution in [-0.4, -0.2) is 10.3 Å². The van der Waals surface area contributed by atoms with Gasteiger partial charge in [-0.15, -0.1) is 0 Å². The molecule has 0 saturated heterocycles. The van der Waals surface area contributed by atoms with Crippen molar-refractivity contribution < 1.29 is 0 Å². The predicted molar refractivity (Wildman–Crippen MR) is 39.4 cm³/mol. The van der Waals surface area contributed by atoms with E-state index in [9.17, 15) is 0 Å². The second-order valence-electron chi connectivity index (χ2n) is 0.267. The standard InChI is InChI=1S/C2H5Br.CH3I/c1-2-3;1-2/h2H2,1H3;1H3. The van der Waals surface area contributed by atoms with Gasteiger partial charge in [0, 0.05) is 5.33 Å². The van der Waals surface area contributed by atoms with E-state index in [2.05, 4.69) is 38.5 Å². The molecule has 0 aliphatic carbocycles. The van der Waals surface area contributed by atoms with Crippen molar-refractivity contribution in [3.63, 3.8) is 0 Å². The first-order chi connectivity index (χ1) is 2.41. The van der Waals surface area contributed by atoms with Gasteiger partial charge >= 0.3 is 0 Å². The lowest BCUT2D eigenvalue weighted by Crippen LogP contribution is -1.34. The molecule has 0 unspecified atom stereocenters. The summed E-state index contributed by atoms with van der Waals surface area (Å²) < 4.78 is 0. The normalized spacial score (nSPS) is 4.80. The summed E-state index contributed by atoms with van der Waals surface area (Å²) in [6, 6.07) is 0. The molecule has 34 valence electrons. The van der Waals surface area contributed by atoms with E-state index in [4.69, 9.17) is 0 Å². The molecule has 0 saturated carbocycles. The minimum Gasteiger partial charge on any atom is -0.0931 e. The van der Waals surface area contributed by atoms with Crippen molar-refractivity contribution in [1.29, 1.82) is 0 Å². The Morgan fingerprint density at radius 3 is 1.60 bits per heavy atom. The van der Waals surface area contributed by atoms with Crippen molar-refractivity contribution in [1.82, 2.24) is 0 Å². The maximum Gasteiger partial charge on any atom is 0.000281 e. The Morgan fingerprint density at radius 2 is 1.60 bits per heavy atom. The van der Waals surface area contributed by atoms with Crippen molar-refractivity contribution in [2.75, 3.05) is 10.3 Å². The highest BCUT2D eigenvalue weighted by atomic mass is 127. The van der Waals surface area contributed by atoms with E-state index < -0.39 is 0 Å². The van der Waals surface area contributed by atoms with E-state index >= 15 is 0 Å². The van der Waals surface area contributed by atoms with Gasteiger partial charge in [0.05, 0.1) is 0 Å². The maximum absolute atomic E-state index is 3.15. The fourth-order valence-electron chi connectivity index (χ4n) is 0. The van der Waals surface area contributed by atoms with Crippen LogP contribution in [0, 0.1) is 0 Å². The van der Waals surface area contributed by atoms with E-state index in [-0.39, 0.29) is 0 Å². The Labute approximate surface area is 55.6 Å². The SMILES string of the molecule is CCBr.CI. The molecule has 0 aromatic heterocycles. The molecule has 0 N–H and O–H groups in total. The van der Waals surface area contributed by atoms with Gasteiger partial charge < -0.3 is 0 Å². The van der Waals surface area contributed by atoms with Gasteiger partial charge in [0.15, 0.2) is 0 Å². The number of rotatable bonds is 0. The highest BCUT2D eigenvalue weighted by molar-refractivity contribution is 14.1. The molecule has 0 amide bonds. The summed E-state index contributed by atoms with van der Waals surface area (Å²) in [6.45, 7) is 2.04. The number of halogens is 2. The second-order valence-corrected chi connectivity index (χ2v) is 1.39. The lowest BCUT2D eigenvalue weighted by Gasteiger charge is -1.45. The van der Waals surface area contributed by atoms with E-state index in [0.29, 0.717) is 0 Å². The first kappa shape index (κ1) is 9.51. The zero-order valence-corrected chi connectivity index (χ0v) is 7.21. The van der Waals surface area contributed by atoms with Crippen molar-refractivity contribution in [2.45, 2.75) is 6.92 Å². The van der Waals surface area contributed by atoms with Crippen LogP contribution >= 0.6 is 38.5 Å². The number of hydrogen-bond acceptors (Lipinski definition) is 0. The molecule has 0 radical (unpaired) electrons. The fraction of sp³-hybridized carbons (Fsp3) is 1.00. The first-order valence-corrected chi connectivity index (χ1v) is 4.63. The van der Waals surface area contributed by atoms with Crippen molar-refractivity contribution >= 4 is 38.5 Å². The van der Waals surface area contributed by atoms with E-state index in [1.807, 2.05) is 11.9 Å². The largest absolute Gasteiger partial charge is 0.0931 e. The van der Waals surface area contributed by atoms with E-state index in [0.717, 1.165) is 5.33 Å². The van der Waals surface area contributed by atoms with Gasteiger partial charge in [0.25, 0.3) is 0 Å². The van der Waals surface area contributed by atoms with Crippen LogP contribution in [0.3, 0.4) is 0 Å². The summed E-state index contributed by atoms with van der Waals surface area (Å²) in [5, 5.41) is 1.06. The third-order valence-corrected chi connectivity index (χ3v) is 0. The van der Waals surface area contributed by atoms with Crippen LogP contribution in [0.25, 0.3) is 0 Å². The Balaban J connectivity index is 0. The number of hydrogen-bond donors (Lipinski definition) is 0. The zero-order chi connectivity index (χ0) is 4.71. The Hall–Kier alpha value is 1.21. The van der Waals surface area contributed by atoms with Gasteiger partial charge in [-0.05, 0) is 4.93 Å². The Kier molecular flexibility index (Phi) is 36.0. The van der Waals surface area contributed by atoms with Crippen molar-refractivity contribution in [3.8, 4) is 0 Å². The quantitative estimate of drug-likeness (QED) is 0.458. The topological polar surface area (TPSA) is 0 Å². The molecular weight excluding hydrogens is 243 g/mol. The summed E-state index contributed by atoms with van der Waals surface area (Å²) in [6.07, 6.45) is 0. The molecule has 0 atom stereocenters.